The van der Waals surface area contributed by atoms with Gasteiger partial charge >= 0.3 is 0 Å². The van der Waals surface area contributed by atoms with Gasteiger partial charge in [0.1, 0.15) is 0 Å². The third kappa shape index (κ3) is 5.15. The van der Waals surface area contributed by atoms with Crippen molar-refractivity contribution in [2.75, 3.05) is 32.7 Å². The van der Waals surface area contributed by atoms with Gasteiger partial charge in [-0.15, -0.1) is 0 Å². The number of benzene rings is 2. The Kier molecular flexibility index (Phi) is 6.20. The van der Waals surface area contributed by atoms with Crippen LogP contribution in [0.4, 0.5) is 0 Å². The molecule has 0 aliphatic carbocycles. The Balaban J connectivity index is 1.41. The molecule has 0 bridgehead atoms. The van der Waals surface area contributed by atoms with Crippen LogP contribution in [0.25, 0.3) is 0 Å². The summed E-state index contributed by atoms with van der Waals surface area (Å²) in [6.45, 7) is 4.32. The van der Waals surface area contributed by atoms with Gasteiger partial charge in [-0.05, 0) is 17.5 Å². The molecule has 2 aromatic carbocycles. The van der Waals surface area contributed by atoms with Crippen LogP contribution in [-0.2, 0) is 11.2 Å². The summed E-state index contributed by atoms with van der Waals surface area (Å²) < 4.78 is 0. The number of rotatable bonds is 6. The van der Waals surface area contributed by atoms with Gasteiger partial charge in [0.25, 0.3) is 0 Å². The summed E-state index contributed by atoms with van der Waals surface area (Å²) in [5.74, 6) is 0.0408. The maximum atomic E-state index is 12.4. The van der Waals surface area contributed by atoms with Gasteiger partial charge < -0.3 is 10.0 Å². The van der Waals surface area contributed by atoms with Crippen LogP contribution in [0, 0.1) is 0 Å². The van der Waals surface area contributed by atoms with E-state index in [1.165, 1.54) is 5.56 Å². The minimum Gasteiger partial charge on any atom is -0.388 e. The van der Waals surface area contributed by atoms with Crippen LogP contribution >= 0.6 is 0 Å². The summed E-state index contributed by atoms with van der Waals surface area (Å²) in [5, 5.41) is 10.2. The maximum absolute atomic E-state index is 12.4. The van der Waals surface area contributed by atoms with E-state index in [0.29, 0.717) is 0 Å². The molecular formula is C21H26N2O2. The Morgan fingerprint density at radius 3 is 2.16 bits per heavy atom. The zero-order valence-corrected chi connectivity index (χ0v) is 14.6. The minimum absolute atomic E-state index is 0.0408. The fourth-order valence-corrected chi connectivity index (χ4v) is 3.24. The molecule has 1 saturated heterocycles. The summed E-state index contributed by atoms with van der Waals surface area (Å²) in [4.78, 5) is 16.7. The van der Waals surface area contributed by atoms with Crippen LogP contribution in [0.15, 0.2) is 60.7 Å². The van der Waals surface area contributed by atoms with E-state index in [1.807, 2.05) is 41.3 Å². The lowest BCUT2D eigenvalue weighted by Gasteiger charge is -2.35. The van der Waals surface area contributed by atoms with Crippen LogP contribution < -0.4 is 0 Å². The van der Waals surface area contributed by atoms with Crippen molar-refractivity contribution in [3.63, 3.8) is 0 Å². The first-order valence-electron chi connectivity index (χ1n) is 8.99. The molecule has 0 spiro atoms. The molecule has 2 aromatic rings. The van der Waals surface area contributed by atoms with Crippen molar-refractivity contribution in [2.45, 2.75) is 18.9 Å². The molecule has 132 valence electrons. The fourth-order valence-electron chi connectivity index (χ4n) is 3.24. The Bertz CT molecular complexity index is 652. The van der Waals surface area contributed by atoms with Gasteiger partial charge in [-0.25, -0.2) is 0 Å². The maximum Gasteiger partial charge on any atom is 0.225 e. The predicted octanol–water partition coefficient (Wildman–Crippen LogP) is 2.50. The number of amides is 1. The SMILES string of the molecule is O=C(CC(O)c1ccccc1)N1CCN(CCc2ccccc2)CC1. The second-order valence-electron chi connectivity index (χ2n) is 6.59. The molecule has 1 aliphatic heterocycles. The number of aliphatic hydroxyl groups is 1. The molecular weight excluding hydrogens is 312 g/mol. The van der Waals surface area contributed by atoms with Crippen molar-refractivity contribution in [1.29, 1.82) is 0 Å². The van der Waals surface area contributed by atoms with Crippen LogP contribution in [0.1, 0.15) is 23.7 Å². The number of hydrogen-bond donors (Lipinski definition) is 1. The Labute approximate surface area is 149 Å². The summed E-state index contributed by atoms with van der Waals surface area (Å²) in [6, 6.07) is 19.9. The van der Waals surface area contributed by atoms with Crippen molar-refractivity contribution in [1.82, 2.24) is 9.80 Å². The number of carbonyl (C=O) groups is 1. The third-order valence-electron chi connectivity index (χ3n) is 4.84. The second-order valence-corrected chi connectivity index (χ2v) is 6.59. The number of nitrogens with zero attached hydrogens (tertiary/aromatic N) is 2. The molecule has 1 N–H and O–H groups in total. The minimum atomic E-state index is -0.718. The number of piperazine rings is 1. The summed E-state index contributed by atoms with van der Waals surface area (Å²) in [7, 11) is 0. The molecule has 1 amide bonds. The molecule has 1 unspecified atom stereocenters. The lowest BCUT2D eigenvalue weighted by molar-refractivity contribution is -0.135. The smallest absolute Gasteiger partial charge is 0.225 e. The summed E-state index contributed by atoms with van der Waals surface area (Å²) in [5.41, 5.74) is 2.16. The highest BCUT2D eigenvalue weighted by atomic mass is 16.3. The number of hydrogen-bond acceptors (Lipinski definition) is 3. The average molecular weight is 338 g/mol. The molecule has 1 heterocycles. The van der Waals surface area contributed by atoms with Gasteiger partial charge in [-0.3, -0.25) is 9.69 Å². The van der Waals surface area contributed by atoms with Gasteiger partial charge in [-0.2, -0.15) is 0 Å². The lowest BCUT2D eigenvalue weighted by atomic mass is 10.1. The van der Waals surface area contributed by atoms with Crippen LogP contribution in [-0.4, -0.2) is 53.5 Å². The van der Waals surface area contributed by atoms with E-state index in [2.05, 4.69) is 29.2 Å². The van der Waals surface area contributed by atoms with Gasteiger partial charge in [0.2, 0.25) is 5.91 Å². The normalized spacial score (nSPS) is 16.6. The standard InChI is InChI=1S/C21H26N2O2/c24-20(19-9-5-2-6-10-19)17-21(25)23-15-13-22(14-16-23)12-11-18-7-3-1-4-8-18/h1-10,20,24H,11-17H2. The van der Waals surface area contributed by atoms with Gasteiger partial charge in [0.05, 0.1) is 12.5 Å². The van der Waals surface area contributed by atoms with E-state index in [-0.39, 0.29) is 12.3 Å². The number of carbonyl (C=O) groups excluding carboxylic acids is 1. The average Bonchev–Trinajstić information content (AvgIpc) is 2.68. The van der Waals surface area contributed by atoms with Gasteiger partial charge in [0, 0.05) is 32.7 Å². The van der Waals surface area contributed by atoms with Gasteiger partial charge in [0.15, 0.2) is 0 Å². The Hall–Kier alpha value is -2.17. The molecule has 4 nitrogen and oxygen atoms in total. The highest BCUT2D eigenvalue weighted by Crippen LogP contribution is 2.18. The van der Waals surface area contributed by atoms with E-state index in [4.69, 9.17) is 0 Å². The highest BCUT2D eigenvalue weighted by molar-refractivity contribution is 5.77. The summed E-state index contributed by atoms with van der Waals surface area (Å²) in [6.07, 6.45) is 0.486. The predicted molar refractivity (Wildman–Crippen MR) is 99.2 cm³/mol. The quantitative estimate of drug-likeness (QED) is 0.880. The zero-order valence-electron chi connectivity index (χ0n) is 14.6. The molecule has 25 heavy (non-hydrogen) atoms. The molecule has 3 rings (SSSR count). The number of aliphatic hydroxyl groups excluding tert-OH is 1. The zero-order chi connectivity index (χ0) is 17.5. The molecule has 1 aliphatic rings. The van der Waals surface area contributed by atoms with E-state index >= 15 is 0 Å². The van der Waals surface area contributed by atoms with Crippen molar-refractivity contribution in [3.8, 4) is 0 Å². The third-order valence-corrected chi connectivity index (χ3v) is 4.84. The highest BCUT2D eigenvalue weighted by Gasteiger charge is 2.23. The van der Waals surface area contributed by atoms with Crippen LogP contribution in [0.3, 0.4) is 0 Å². The molecule has 0 saturated carbocycles. The molecule has 1 atom stereocenters. The summed E-state index contributed by atoms with van der Waals surface area (Å²) >= 11 is 0. The molecule has 1 fully saturated rings. The van der Waals surface area contributed by atoms with Crippen LogP contribution in [0.5, 0.6) is 0 Å². The second kappa shape index (κ2) is 8.79. The van der Waals surface area contributed by atoms with E-state index in [9.17, 15) is 9.90 Å². The van der Waals surface area contributed by atoms with E-state index < -0.39 is 6.10 Å². The topological polar surface area (TPSA) is 43.8 Å². The molecule has 4 heteroatoms. The first-order chi connectivity index (χ1) is 12.2. The van der Waals surface area contributed by atoms with Gasteiger partial charge in [-0.1, -0.05) is 60.7 Å². The van der Waals surface area contributed by atoms with Crippen molar-refractivity contribution < 1.29 is 9.90 Å². The monoisotopic (exact) mass is 338 g/mol. The molecule has 0 aromatic heterocycles. The van der Waals surface area contributed by atoms with E-state index in [0.717, 1.165) is 44.7 Å². The fraction of sp³-hybridized carbons (Fsp3) is 0.381. The first kappa shape index (κ1) is 17.6. The first-order valence-corrected chi connectivity index (χ1v) is 8.99. The van der Waals surface area contributed by atoms with Crippen molar-refractivity contribution in [3.05, 3.63) is 71.8 Å². The van der Waals surface area contributed by atoms with E-state index in [1.54, 1.807) is 0 Å². The Morgan fingerprint density at radius 1 is 0.920 bits per heavy atom. The van der Waals surface area contributed by atoms with Crippen molar-refractivity contribution in [2.24, 2.45) is 0 Å². The Morgan fingerprint density at radius 2 is 1.52 bits per heavy atom. The molecule has 0 radical (unpaired) electrons. The van der Waals surface area contributed by atoms with Crippen molar-refractivity contribution >= 4 is 5.91 Å². The largest absolute Gasteiger partial charge is 0.388 e. The lowest BCUT2D eigenvalue weighted by Crippen LogP contribution is -2.49. The van der Waals surface area contributed by atoms with Crippen LogP contribution in [0.2, 0.25) is 0 Å².